The lowest BCUT2D eigenvalue weighted by Gasteiger charge is -2.02. The van der Waals surface area contributed by atoms with Crippen LogP contribution in [0.1, 0.15) is 20.7 Å². The van der Waals surface area contributed by atoms with Gasteiger partial charge in [0.1, 0.15) is 0 Å². The first-order chi connectivity index (χ1) is 8.77. The monoisotopic (exact) mass is 282 g/mol. The zero-order valence-corrected chi connectivity index (χ0v) is 10.2. The Balaban J connectivity index is 0.00000180. The lowest BCUT2D eigenvalue weighted by atomic mass is 10.2. The molecule has 2 rings (SSSR count). The molecular formula is C14H12F2O4. The Morgan fingerprint density at radius 2 is 0.900 bits per heavy atom. The molecule has 20 heavy (non-hydrogen) atoms. The summed E-state index contributed by atoms with van der Waals surface area (Å²) in [6, 6.07) is 16.6. The van der Waals surface area contributed by atoms with Crippen molar-refractivity contribution < 1.29 is 28.8 Å². The van der Waals surface area contributed by atoms with E-state index >= 15 is 0 Å². The number of carbonyl (C=O) groups is 2. The maximum atomic E-state index is 11.5. The molecule has 0 spiro atoms. The Labute approximate surface area is 113 Å². The molecule has 0 unspecified atom stereocenters. The topological polar surface area (TPSA) is 52.6 Å². The first kappa shape index (κ1) is 17.2. The van der Waals surface area contributed by atoms with Crippen LogP contribution >= 0.6 is 0 Å². The fourth-order valence-electron chi connectivity index (χ4n) is 1.32. The second-order valence-corrected chi connectivity index (χ2v) is 3.47. The van der Waals surface area contributed by atoms with E-state index in [0.29, 0.717) is 11.1 Å². The molecule has 2 aromatic rings. The van der Waals surface area contributed by atoms with E-state index in [-0.39, 0.29) is 9.41 Å². The van der Waals surface area contributed by atoms with Crippen molar-refractivity contribution in [3.63, 3.8) is 0 Å². The molecule has 0 fully saturated rings. The largest absolute Gasteiger partial charge is 0.386 e. The van der Waals surface area contributed by atoms with Crippen LogP contribution in [0.5, 0.6) is 0 Å². The number of carbonyl (C=O) groups excluding carboxylic acids is 2. The van der Waals surface area contributed by atoms with Crippen LogP contribution in [0, 0.1) is 0 Å². The zero-order valence-electron chi connectivity index (χ0n) is 10.2. The Kier molecular flexibility index (Phi) is 7.21. The second kappa shape index (κ2) is 8.36. The SMILES string of the molecule is F.F.O=C(OOC(=O)c1ccccc1)c1ccccc1. The van der Waals surface area contributed by atoms with Gasteiger partial charge in [-0.25, -0.2) is 19.4 Å². The molecule has 4 nitrogen and oxygen atoms in total. The van der Waals surface area contributed by atoms with Gasteiger partial charge >= 0.3 is 11.9 Å². The van der Waals surface area contributed by atoms with Gasteiger partial charge in [0.05, 0.1) is 11.1 Å². The van der Waals surface area contributed by atoms with Gasteiger partial charge in [0.15, 0.2) is 0 Å². The molecule has 0 N–H and O–H groups in total. The van der Waals surface area contributed by atoms with Gasteiger partial charge in [-0.1, -0.05) is 36.4 Å². The molecule has 0 saturated carbocycles. The smallest absolute Gasteiger partial charge is 0.269 e. The van der Waals surface area contributed by atoms with E-state index in [4.69, 9.17) is 0 Å². The van der Waals surface area contributed by atoms with Crippen LogP contribution in [0.3, 0.4) is 0 Å². The third-order valence-corrected chi connectivity index (χ3v) is 2.21. The van der Waals surface area contributed by atoms with Crippen LogP contribution < -0.4 is 0 Å². The van der Waals surface area contributed by atoms with Crippen LogP contribution in [0.25, 0.3) is 0 Å². The maximum Gasteiger partial charge on any atom is 0.386 e. The van der Waals surface area contributed by atoms with Gasteiger partial charge < -0.3 is 0 Å². The molecule has 0 bridgehead atoms. The zero-order chi connectivity index (χ0) is 12.8. The summed E-state index contributed by atoms with van der Waals surface area (Å²) in [4.78, 5) is 31.9. The van der Waals surface area contributed by atoms with Crippen LogP contribution in [-0.2, 0) is 9.78 Å². The highest BCUT2D eigenvalue weighted by atomic mass is 19.0. The maximum absolute atomic E-state index is 11.5. The lowest BCUT2D eigenvalue weighted by molar-refractivity contribution is -0.187. The van der Waals surface area contributed by atoms with Crippen molar-refractivity contribution in [2.45, 2.75) is 0 Å². The van der Waals surface area contributed by atoms with Crippen LogP contribution in [0.15, 0.2) is 60.7 Å². The van der Waals surface area contributed by atoms with Crippen molar-refractivity contribution in [2.75, 3.05) is 0 Å². The van der Waals surface area contributed by atoms with Crippen molar-refractivity contribution >= 4 is 11.9 Å². The predicted molar refractivity (Wildman–Crippen MR) is 68.7 cm³/mol. The molecule has 0 aliphatic carbocycles. The molecule has 6 heteroatoms. The van der Waals surface area contributed by atoms with Crippen LogP contribution in [0.4, 0.5) is 9.41 Å². The van der Waals surface area contributed by atoms with Crippen molar-refractivity contribution in [1.29, 1.82) is 0 Å². The third kappa shape index (κ3) is 4.49. The van der Waals surface area contributed by atoms with E-state index < -0.39 is 11.9 Å². The van der Waals surface area contributed by atoms with E-state index in [1.54, 1.807) is 60.7 Å². The van der Waals surface area contributed by atoms with E-state index in [1.807, 2.05) is 0 Å². The normalized spacial score (nSPS) is 8.60. The second-order valence-electron chi connectivity index (χ2n) is 3.47. The third-order valence-electron chi connectivity index (χ3n) is 2.21. The molecule has 0 aliphatic rings. The Hall–Kier alpha value is -2.76. The van der Waals surface area contributed by atoms with Crippen molar-refractivity contribution in [1.82, 2.24) is 0 Å². The summed E-state index contributed by atoms with van der Waals surface area (Å²) in [5.41, 5.74) is 0.636. The molecule has 0 saturated heterocycles. The number of benzene rings is 2. The minimum atomic E-state index is -0.708. The standard InChI is InChI=1S/C14H10O4.2FH/c15-13(11-7-3-1-4-8-11)17-18-14(16)12-9-5-2-6-10-12;;/h1-10H;2*1H. The summed E-state index contributed by atoms with van der Waals surface area (Å²) in [7, 11) is 0. The van der Waals surface area contributed by atoms with Crippen molar-refractivity contribution in [3.05, 3.63) is 71.8 Å². The van der Waals surface area contributed by atoms with E-state index in [2.05, 4.69) is 9.78 Å². The van der Waals surface area contributed by atoms with Gasteiger partial charge in [0.2, 0.25) is 0 Å². The first-order valence-corrected chi connectivity index (χ1v) is 5.30. The summed E-state index contributed by atoms with van der Waals surface area (Å²) in [5, 5.41) is 0. The van der Waals surface area contributed by atoms with Gasteiger partial charge in [0.25, 0.3) is 0 Å². The molecule has 0 heterocycles. The van der Waals surface area contributed by atoms with E-state index in [9.17, 15) is 9.59 Å². The van der Waals surface area contributed by atoms with E-state index in [0.717, 1.165) is 0 Å². The average molecular weight is 282 g/mol. The highest BCUT2D eigenvalue weighted by Gasteiger charge is 2.12. The minimum absolute atomic E-state index is 0. The van der Waals surface area contributed by atoms with E-state index in [1.165, 1.54) is 0 Å². The van der Waals surface area contributed by atoms with Crippen LogP contribution in [-0.4, -0.2) is 11.9 Å². The molecule has 0 aromatic heterocycles. The molecule has 0 aliphatic heterocycles. The summed E-state index contributed by atoms with van der Waals surface area (Å²) in [5.74, 6) is -1.42. The van der Waals surface area contributed by atoms with Gasteiger partial charge in [0, 0.05) is 0 Å². The summed E-state index contributed by atoms with van der Waals surface area (Å²) in [6.07, 6.45) is 0. The molecule has 106 valence electrons. The number of hydrogen-bond acceptors (Lipinski definition) is 4. The molecule has 2 aromatic carbocycles. The molecule has 0 radical (unpaired) electrons. The van der Waals surface area contributed by atoms with Crippen molar-refractivity contribution in [3.8, 4) is 0 Å². The quantitative estimate of drug-likeness (QED) is 0.627. The Morgan fingerprint density at radius 3 is 1.20 bits per heavy atom. The molecular weight excluding hydrogens is 270 g/mol. The highest BCUT2D eigenvalue weighted by Crippen LogP contribution is 2.05. The van der Waals surface area contributed by atoms with Gasteiger partial charge in [-0.05, 0) is 24.3 Å². The van der Waals surface area contributed by atoms with Crippen LogP contribution in [0.2, 0.25) is 0 Å². The molecule has 0 atom stereocenters. The number of rotatable bonds is 2. The highest BCUT2D eigenvalue weighted by molar-refractivity contribution is 5.92. The fraction of sp³-hybridized carbons (Fsp3) is 0. The Morgan fingerprint density at radius 1 is 0.600 bits per heavy atom. The van der Waals surface area contributed by atoms with Crippen molar-refractivity contribution in [2.24, 2.45) is 0 Å². The number of halogens is 2. The molecule has 0 amide bonds. The predicted octanol–water partition coefficient (Wildman–Crippen LogP) is 2.92. The summed E-state index contributed by atoms with van der Waals surface area (Å²) in [6.45, 7) is 0. The van der Waals surface area contributed by atoms with Gasteiger partial charge in [-0.15, -0.1) is 0 Å². The lowest BCUT2D eigenvalue weighted by Crippen LogP contribution is -2.11. The summed E-state index contributed by atoms with van der Waals surface area (Å²) >= 11 is 0. The first-order valence-electron chi connectivity index (χ1n) is 5.30. The van der Waals surface area contributed by atoms with Gasteiger partial charge in [-0.3, -0.25) is 9.41 Å². The summed E-state index contributed by atoms with van der Waals surface area (Å²) < 4.78 is 0. The number of hydrogen-bond donors (Lipinski definition) is 0. The average Bonchev–Trinajstić information content (AvgIpc) is 2.46. The Bertz CT molecular complexity index is 492. The fourth-order valence-corrected chi connectivity index (χ4v) is 1.32. The minimum Gasteiger partial charge on any atom is -0.269 e. The van der Waals surface area contributed by atoms with Gasteiger partial charge in [-0.2, -0.15) is 0 Å².